The summed E-state index contributed by atoms with van der Waals surface area (Å²) < 4.78 is 11.3. The standard InChI is InChI=1S/C27H23N3O4/c31-26(28-16-18-6-2-1-3-7-18)17-29-27(32)21-15-23(30-22-9-5-4-8-20(21)22)19-10-11-24-25(14-19)34-13-12-33-24/h1-11,14-15H,12-13,16-17H2,(H,28,31)(H,29,32). The van der Waals surface area contributed by atoms with Crippen molar-refractivity contribution in [3.05, 3.63) is 90.0 Å². The van der Waals surface area contributed by atoms with Crippen LogP contribution in [0.4, 0.5) is 0 Å². The van der Waals surface area contributed by atoms with Gasteiger partial charge in [-0.2, -0.15) is 0 Å². The van der Waals surface area contributed by atoms with Crippen LogP contribution >= 0.6 is 0 Å². The fraction of sp³-hybridized carbons (Fsp3) is 0.148. The lowest BCUT2D eigenvalue weighted by molar-refractivity contribution is -0.120. The molecule has 7 nitrogen and oxygen atoms in total. The van der Waals surface area contributed by atoms with Crippen LogP contribution in [0, 0.1) is 0 Å². The zero-order valence-electron chi connectivity index (χ0n) is 18.4. The maximum absolute atomic E-state index is 13.1. The number of hydrogen-bond acceptors (Lipinski definition) is 5. The van der Waals surface area contributed by atoms with E-state index in [2.05, 4.69) is 10.6 Å². The van der Waals surface area contributed by atoms with Crippen molar-refractivity contribution in [1.82, 2.24) is 15.6 Å². The Kier molecular flexibility index (Phi) is 6.07. The van der Waals surface area contributed by atoms with Gasteiger partial charge in [-0.3, -0.25) is 9.59 Å². The molecule has 2 amide bonds. The third-order valence-corrected chi connectivity index (χ3v) is 5.54. The van der Waals surface area contributed by atoms with Gasteiger partial charge in [-0.1, -0.05) is 48.5 Å². The molecule has 4 aromatic rings. The van der Waals surface area contributed by atoms with Crippen LogP contribution in [-0.2, 0) is 11.3 Å². The highest BCUT2D eigenvalue weighted by Gasteiger charge is 2.17. The third-order valence-electron chi connectivity index (χ3n) is 5.54. The van der Waals surface area contributed by atoms with E-state index in [9.17, 15) is 9.59 Å². The summed E-state index contributed by atoms with van der Waals surface area (Å²) in [6.45, 7) is 1.29. The summed E-state index contributed by atoms with van der Waals surface area (Å²) in [5, 5.41) is 6.26. The van der Waals surface area contributed by atoms with Crippen molar-refractivity contribution >= 4 is 22.7 Å². The first-order valence-corrected chi connectivity index (χ1v) is 11.1. The van der Waals surface area contributed by atoms with Gasteiger partial charge in [-0.25, -0.2) is 4.98 Å². The molecule has 0 aliphatic carbocycles. The molecule has 5 rings (SSSR count). The highest BCUT2D eigenvalue weighted by molar-refractivity contribution is 6.08. The fourth-order valence-corrected chi connectivity index (χ4v) is 3.83. The Morgan fingerprint density at radius 1 is 0.824 bits per heavy atom. The Morgan fingerprint density at radius 2 is 1.59 bits per heavy atom. The van der Waals surface area contributed by atoms with Crippen LogP contribution < -0.4 is 20.1 Å². The predicted molar refractivity (Wildman–Crippen MR) is 129 cm³/mol. The summed E-state index contributed by atoms with van der Waals surface area (Å²) >= 11 is 0. The molecule has 7 heteroatoms. The van der Waals surface area contributed by atoms with Gasteiger partial charge in [0.2, 0.25) is 5.91 Å². The molecule has 0 bridgehead atoms. The number of rotatable bonds is 6. The van der Waals surface area contributed by atoms with E-state index >= 15 is 0 Å². The van der Waals surface area contributed by atoms with Crippen LogP contribution in [-0.4, -0.2) is 36.6 Å². The zero-order valence-corrected chi connectivity index (χ0v) is 18.4. The highest BCUT2D eigenvalue weighted by Crippen LogP contribution is 2.35. The van der Waals surface area contributed by atoms with Crippen molar-refractivity contribution in [2.75, 3.05) is 19.8 Å². The van der Waals surface area contributed by atoms with Gasteiger partial charge in [-0.15, -0.1) is 0 Å². The lowest BCUT2D eigenvalue weighted by Crippen LogP contribution is -2.36. The summed E-state index contributed by atoms with van der Waals surface area (Å²) in [4.78, 5) is 30.1. The van der Waals surface area contributed by atoms with Gasteiger partial charge in [0, 0.05) is 17.5 Å². The number of hydrogen-bond donors (Lipinski definition) is 2. The molecule has 34 heavy (non-hydrogen) atoms. The van der Waals surface area contributed by atoms with Gasteiger partial charge in [0.15, 0.2) is 11.5 Å². The minimum Gasteiger partial charge on any atom is -0.486 e. The van der Waals surface area contributed by atoms with Crippen LogP contribution in [0.15, 0.2) is 78.9 Å². The van der Waals surface area contributed by atoms with Gasteiger partial charge in [-0.05, 0) is 35.9 Å². The second-order valence-corrected chi connectivity index (χ2v) is 7.88. The summed E-state index contributed by atoms with van der Waals surface area (Å²) in [5.74, 6) is 0.741. The average Bonchev–Trinajstić information content (AvgIpc) is 2.90. The first-order chi connectivity index (χ1) is 16.7. The molecular formula is C27H23N3O4. The lowest BCUT2D eigenvalue weighted by atomic mass is 10.0. The number of carbonyl (C=O) groups excluding carboxylic acids is 2. The van der Waals surface area contributed by atoms with Crippen LogP contribution in [0.2, 0.25) is 0 Å². The van der Waals surface area contributed by atoms with Gasteiger partial charge in [0.25, 0.3) is 5.91 Å². The number of nitrogens with zero attached hydrogens (tertiary/aromatic N) is 1. The lowest BCUT2D eigenvalue weighted by Gasteiger charge is -2.19. The molecule has 0 saturated carbocycles. The molecule has 170 valence electrons. The van der Waals surface area contributed by atoms with Crippen molar-refractivity contribution in [2.24, 2.45) is 0 Å². The molecule has 2 heterocycles. The number of benzene rings is 3. The first-order valence-electron chi connectivity index (χ1n) is 11.1. The number of aromatic nitrogens is 1. The molecule has 3 aromatic carbocycles. The van der Waals surface area contributed by atoms with Gasteiger partial charge >= 0.3 is 0 Å². The molecule has 0 spiro atoms. The van der Waals surface area contributed by atoms with Crippen molar-refractivity contribution in [2.45, 2.75) is 6.54 Å². The molecule has 1 aliphatic rings. The number of amides is 2. The number of nitrogens with one attached hydrogen (secondary N) is 2. The molecule has 0 radical (unpaired) electrons. The smallest absolute Gasteiger partial charge is 0.252 e. The molecule has 0 fully saturated rings. The fourth-order valence-electron chi connectivity index (χ4n) is 3.83. The topological polar surface area (TPSA) is 89.6 Å². The minimum atomic E-state index is -0.341. The number of fused-ring (bicyclic) bond motifs is 2. The van der Waals surface area contributed by atoms with Crippen LogP contribution in [0.3, 0.4) is 0 Å². The van der Waals surface area contributed by atoms with E-state index < -0.39 is 0 Å². The minimum absolute atomic E-state index is 0.123. The maximum atomic E-state index is 13.1. The predicted octanol–water partition coefficient (Wildman–Crippen LogP) is 3.72. The first kappa shape index (κ1) is 21.5. The highest BCUT2D eigenvalue weighted by atomic mass is 16.6. The molecule has 1 aliphatic heterocycles. The second-order valence-electron chi connectivity index (χ2n) is 7.88. The van der Waals surface area contributed by atoms with E-state index in [1.54, 1.807) is 6.07 Å². The molecule has 0 unspecified atom stereocenters. The molecule has 2 N–H and O–H groups in total. The van der Waals surface area contributed by atoms with E-state index in [-0.39, 0.29) is 18.4 Å². The monoisotopic (exact) mass is 453 g/mol. The van der Waals surface area contributed by atoms with Crippen molar-refractivity contribution in [3.63, 3.8) is 0 Å². The van der Waals surface area contributed by atoms with Gasteiger partial charge in [0.1, 0.15) is 13.2 Å². The quantitative estimate of drug-likeness (QED) is 0.465. The van der Waals surface area contributed by atoms with E-state index in [1.807, 2.05) is 72.8 Å². The van der Waals surface area contributed by atoms with Crippen LogP contribution in [0.1, 0.15) is 15.9 Å². The maximum Gasteiger partial charge on any atom is 0.252 e. The van der Waals surface area contributed by atoms with Crippen molar-refractivity contribution in [3.8, 4) is 22.8 Å². The summed E-state index contributed by atoms with van der Waals surface area (Å²) in [5.41, 5.74) is 3.57. The Bertz CT molecular complexity index is 1350. The number of pyridine rings is 1. The number of para-hydroxylation sites is 1. The summed E-state index contributed by atoms with van der Waals surface area (Å²) in [6, 6.07) is 24.4. The Labute approximate surface area is 196 Å². The third kappa shape index (κ3) is 4.68. The van der Waals surface area contributed by atoms with E-state index in [0.29, 0.717) is 53.4 Å². The summed E-state index contributed by atoms with van der Waals surface area (Å²) in [7, 11) is 0. The van der Waals surface area contributed by atoms with Crippen LogP contribution in [0.5, 0.6) is 11.5 Å². The van der Waals surface area contributed by atoms with Gasteiger partial charge in [0.05, 0.1) is 23.3 Å². The van der Waals surface area contributed by atoms with E-state index in [4.69, 9.17) is 14.5 Å². The van der Waals surface area contributed by atoms with Crippen molar-refractivity contribution < 1.29 is 19.1 Å². The molecule has 0 atom stereocenters. The van der Waals surface area contributed by atoms with Crippen LogP contribution in [0.25, 0.3) is 22.2 Å². The largest absolute Gasteiger partial charge is 0.486 e. The van der Waals surface area contributed by atoms with Crippen molar-refractivity contribution in [1.29, 1.82) is 0 Å². The van der Waals surface area contributed by atoms with Gasteiger partial charge < -0.3 is 20.1 Å². The van der Waals surface area contributed by atoms with E-state index in [0.717, 1.165) is 11.1 Å². The zero-order chi connectivity index (χ0) is 23.3. The normalized spacial score (nSPS) is 12.2. The molecule has 1 aromatic heterocycles. The Morgan fingerprint density at radius 3 is 2.44 bits per heavy atom. The molecular weight excluding hydrogens is 430 g/mol. The van der Waals surface area contributed by atoms with E-state index in [1.165, 1.54) is 0 Å². The number of carbonyl (C=O) groups is 2. The molecule has 0 saturated heterocycles. The average molecular weight is 453 g/mol. The summed E-state index contributed by atoms with van der Waals surface area (Å²) in [6.07, 6.45) is 0. The SMILES string of the molecule is O=C(CNC(=O)c1cc(-c2ccc3c(c2)OCCO3)nc2ccccc12)NCc1ccccc1. The second kappa shape index (κ2) is 9.62. The number of ether oxygens (including phenoxy) is 2. The Balaban J connectivity index is 1.36. The Hall–Kier alpha value is -4.39.